The quantitative estimate of drug-likeness (QED) is 0.445. The lowest BCUT2D eigenvalue weighted by atomic mass is 9.72. The van der Waals surface area contributed by atoms with Gasteiger partial charge >= 0.3 is 0 Å². The summed E-state index contributed by atoms with van der Waals surface area (Å²) in [7, 11) is 0. The molecule has 2 unspecified atom stereocenters. The number of carbonyl (C=O) groups excluding carboxylic acids is 1. The average Bonchev–Trinajstić information content (AvgIpc) is 2.04. The van der Waals surface area contributed by atoms with Gasteiger partial charge in [-0.25, -0.2) is 0 Å². The van der Waals surface area contributed by atoms with Crippen molar-refractivity contribution in [3.05, 3.63) is 12.2 Å². The van der Waals surface area contributed by atoms with Crippen LogP contribution in [0.25, 0.3) is 0 Å². The third-order valence-corrected chi connectivity index (χ3v) is 2.54. The molecule has 0 bridgehead atoms. The summed E-state index contributed by atoms with van der Waals surface area (Å²) < 4.78 is 0. The Hall–Kier alpha value is -0.590. The van der Waals surface area contributed by atoms with Crippen LogP contribution < -0.4 is 0 Å². The van der Waals surface area contributed by atoms with Crippen molar-refractivity contribution in [1.82, 2.24) is 0 Å². The highest BCUT2D eigenvalue weighted by molar-refractivity contribution is 5.87. The van der Waals surface area contributed by atoms with Crippen molar-refractivity contribution in [2.24, 2.45) is 11.8 Å². The van der Waals surface area contributed by atoms with Gasteiger partial charge in [0.25, 0.3) is 0 Å². The number of Topliss-reactive ketones (excluding diaryl/α,β-unsaturated/α-hetero) is 1. The minimum atomic E-state index is 0.296. The topological polar surface area (TPSA) is 17.1 Å². The lowest BCUT2D eigenvalue weighted by Crippen LogP contribution is -2.27. The number of hydrogen-bond acceptors (Lipinski definition) is 1. The number of carbonyl (C=O) groups is 1. The van der Waals surface area contributed by atoms with E-state index in [4.69, 9.17) is 0 Å². The van der Waals surface area contributed by atoms with Gasteiger partial charge in [-0.1, -0.05) is 12.2 Å². The van der Waals surface area contributed by atoms with E-state index in [1.807, 2.05) is 0 Å². The molecular weight excluding hydrogens is 112 g/mol. The van der Waals surface area contributed by atoms with Crippen molar-refractivity contribution in [2.45, 2.75) is 19.3 Å². The first kappa shape index (κ1) is 5.21. The summed E-state index contributed by atoms with van der Waals surface area (Å²) in [5.41, 5.74) is 1.18. The number of fused-ring (bicyclic) bond motifs is 1. The Kier molecular flexibility index (Phi) is 0.850. The van der Waals surface area contributed by atoms with E-state index in [2.05, 4.69) is 6.58 Å². The summed E-state index contributed by atoms with van der Waals surface area (Å²) in [5, 5.41) is 0. The average molecular weight is 122 g/mol. The summed E-state index contributed by atoms with van der Waals surface area (Å²) in [6.07, 6.45) is 3.06. The fourth-order valence-corrected chi connectivity index (χ4v) is 2.00. The largest absolute Gasteiger partial charge is 0.299 e. The van der Waals surface area contributed by atoms with Crippen molar-refractivity contribution in [3.8, 4) is 0 Å². The molecule has 2 saturated carbocycles. The molecule has 0 N–H and O–H groups in total. The van der Waals surface area contributed by atoms with Gasteiger partial charge in [0.2, 0.25) is 0 Å². The zero-order valence-electron chi connectivity index (χ0n) is 5.39. The first-order chi connectivity index (χ1) is 4.29. The first-order valence-electron chi connectivity index (χ1n) is 3.49. The van der Waals surface area contributed by atoms with Crippen LogP contribution in [0.4, 0.5) is 0 Å². The van der Waals surface area contributed by atoms with Gasteiger partial charge in [0.1, 0.15) is 5.78 Å². The molecule has 2 rings (SSSR count). The van der Waals surface area contributed by atoms with E-state index in [0.29, 0.717) is 17.6 Å². The lowest BCUT2D eigenvalue weighted by Gasteiger charge is -2.31. The van der Waals surface area contributed by atoms with E-state index in [0.717, 1.165) is 19.3 Å². The van der Waals surface area contributed by atoms with E-state index >= 15 is 0 Å². The zero-order chi connectivity index (χ0) is 6.43. The molecule has 2 aliphatic carbocycles. The third kappa shape index (κ3) is 0.521. The summed E-state index contributed by atoms with van der Waals surface area (Å²) in [6, 6.07) is 0. The molecule has 0 aromatic rings. The molecule has 1 heteroatoms. The summed E-state index contributed by atoms with van der Waals surface area (Å²) in [6.45, 7) is 3.83. The van der Waals surface area contributed by atoms with E-state index in [1.165, 1.54) is 5.57 Å². The standard InChI is InChI=1S/C8H10O/c1-5-4-6-2-3-7(9)8(5)6/h6,8H,1-4H2. The monoisotopic (exact) mass is 122 g/mol. The van der Waals surface area contributed by atoms with Gasteiger partial charge in [-0.05, 0) is 18.8 Å². The van der Waals surface area contributed by atoms with Crippen LogP contribution in [0.5, 0.6) is 0 Å². The minimum Gasteiger partial charge on any atom is -0.299 e. The van der Waals surface area contributed by atoms with Gasteiger partial charge in [0.15, 0.2) is 0 Å². The zero-order valence-corrected chi connectivity index (χ0v) is 5.39. The van der Waals surface area contributed by atoms with Gasteiger partial charge in [-0.3, -0.25) is 4.79 Å². The van der Waals surface area contributed by atoms with Crippen molar-refractivity contribution in [1.29, 1.82) is 0 Å². The number of hydrogen-bond donors (Lipinski definition) is 0. The SMILES string of the molecule is C=C1CC2CCC(=O)C12. The summed E-state index contributed by atoms with van der Waals surface area (Å²) >= 11 is 0. The molecule has 0 aliphatic heterocycles. The molecule has 1 nitrogen and oxygen atoms in total. The Balaban J connectivity index is 2.23. The van der Waals surface area contributed by atoms with Crippen LogP contribution >= 0.6 is 0 Å². The van der Waals surface area contributed by atoms with E-state index < -0.39 is 0 Å². The maximum Gasteiger partial charge on any atom is 0.140 e. The van der Waals surface area contributed by atoms with Crippen LogP contribution in [-0.4, -0.2) is 5.78 Å². The Morgan fingerprint density at radius 1 is 1.56 bits per heavy atom. The van der Waals surface area contributed by atoms with Crippen LogP contribution in [0, 0.1) is 11.8 Å². The molecular formula is C8H10O. The second-order valence-corrected chi connectivity index (χ2v) is 3.11. The van der Waals surface area contributed by atoms with Crippen molar-refractivity contribution in [2.75, 3.05) is 0 Å². The molecule has 0 aromatic heterocycles. The van der Waals surface area contributed by atoms with Gasteiger partial charge < -0.3 is 0 Å². The predicted molar refractivity (Wildman–Crippen MR) is 35.0 cm³/mol. The second-order valence-electron chi connectivity index (χ2n) is 3.11. The molecule has 0 amide bonds. The van der Waals surface area contributed by atoms with Crippen LogP contribution in [-0.2, 0) is 4.79 Å². The van der Waals surface area contributed by atoms with Gasteiger partial charge in [-0.2, -0.15) is 0 Å². The molecule has 0 heterocycles. The maximum atomic E-state index is 11.0. The molecule has 2 fully saturated rings. The molecule has 0 radical (unpaired) electrons. The predicted octanol–water partition coefficient (Wildman–Crippen LogP) is 1.54. The molecule has 0 spiro atoms. The molecule has 0 aromatic carbocycles. The number of allylic oxidation sites excluding steroid dienone is 1. The highest BCUT2D eigenvalue weighted by atomic mass is 16.1. The van der Waals surface area contributed by atoms with Gasteiger partial charge in [-0.15, -0.1) is 0 Å². The highest BCUT2D eigenvalue weighted by Crippen LogP contribution is 2.47. The fraction of sp³-hybridized carbons (Fsp3) is 0.625. The maximum absolute atomic E-state index is 11.0. The van der Waals surface area contributed by atoms with Crippen LogP contribution in [0.2, 0.25) is 0 Å². The van der Waals surface area contributed by atoms with Crippen LogP contribution in [0.15, 0.2) is 12.2 Å². The fourth-order valence-electron chi connectivity index (χ4n) is 2.00. The van der Waals surface area contributed by atoms with Crippen molar-refractivity contribution in [3.63, 3.8) is 0 Å². The van der Waals surface area contributed by atoms with Gasteiger partial charge in [0, 0.05) is 12.3 Å². The molecule has 0 saturated heterocycles. The van der Waals surface area contributed by atoms with Crippen LogP contribution in [0.3, 0.4) is 0 Å². The second kappa shape index (κ2) is 1.47. The Morgan fingerprint density at radius 2 is 2.33 bits per heavy atom. The normalized spacial score (nSPS) is 40.4. The smallest absolute Gasteiger partial charge is 0.140 e. The summed E-state index contributed by atoms with van der Waals surface area (Å²) in [4.78, 5) is 11.0. The highest BCUT2D eigenvalue weighted by Gasteiger charge is 2.43. The molecule has 2 atom stereocenters. The van der Waals surface area contributed by atoms with Gasteiger partial charge in [0.05, 0.1) is 0 Å². The molecule has 2 aliphatic rings. The van der Waals surface area contributed by atoms with Crippen LogP contribution in [0.1, 0.15) is 19.3 Å². The number of rotatable bonds is 0. The molecule has 48 valence electrons. The van der Waals surface area contributed by atoms with E-state index in [-0.39, 0.29) is 0 Å². The Labute approximate surface area is 54.8 Å². The van der Waals surface area contributed by atoms with E-state index in [1.54, 1.807) is 0 Å². The first-order valence-corrected chi connectivity index (χ1v) is 3.49. The van der Waals surface area contributed by atoms with Crippen molar-refractivity contribution >= 4 is 5.78 Å². The van der Waals surface area contributed by atoms with E-state index in [9.17, 15) is 4.79 Å². The Bertz CT molecular complexity index is 181. The minimum absolute atomic E-state index is 0.296. The third-order valence-electron chi connectivity index (χ3n) is 2.54. The molecule has 9 heavy (non-hydrogen) atoms. The Morgan fingerprint density at radius 3 is 2.78 bits per heavy atom. The van der Waals surface area contributed by atoms with Crippen molar-refractivity contribution < 1.29 is 4.79 Å². The summed E-state index contributed by atoms with van der Waals surface area (Å²) in [5.74, 6) is 1.44. The number of ketones is 1. The lowest BCUT2D eigenvalue weighted by molar-refractivity contribution is -0.121.